The number of nitrogens with two attached hydrogens (primary N) is 1. The fourth-order valence-corrected chi connectivity index (χ4v) is 4.15. The number of hydrogen-bond donors (Lipinski definition) is 2. The Kier molecular flexibility index (Phi) is 7.38. The normalized spacial score (nSPS) is 15.4. The number of nitrogens with one attached hydrogen (secondary N) is 1. The van der Waals surface area contributed by atoms with Crippen LogP contribution in [0.15, 0.2) is 23.4 Å². The average molecular weight is 419 g/mol. The number of piperidine rings is 1. The third kappa shape index (κ3) is 6.11. The third-order valence-electron chi connectivity index (χ3n) is 5.03. The highest BCUT2D eigenvalue weighted by molar-refractivity contribution is 7.99. The van der Waals surface area contributed by atoms with E-state index < -0.39 is 0 Å². The van der Waals surface area contributed by atoms with Gasteiger partial charge in [-0.25, -0.2) is 4.68 Å². The van der Waals surface area contributed by atoms with Crippen molar-refractivity contribution in [2.45, 2.75) is 51.4 Å². The molecule has 29 heavy (non-hydrogen) atoms. The van der Waals surface area contributed by atoms with Gasteiger partial charge in [0, 0.05) is 19.1 Å². The Bertz CT molecular complexity index is 812. The van der Waals surface area contributed by atoms with Gasteiger partial charge in [-0.2, -0.15) is 0 Å². The van der Waals surface area contributed by atoms with Gasteiger partial charge in [-0.3, -0.25) is 4.79 Å². The Morgan fingerprint density at radius 2 is 1.93 bits per heavy atom. The van der Waals surface area contributed by atoms with E-state index in [9.17, 15) is 4.79 Å². The van der Waals surface area contributed by atoms with E-state index in [1.807, 2.05) is 26.0 Å². The molecule has 1 amide bonds. The molecule has 0 bridgehead atoms. The summed E-state index contributed by atoms with van der Waals surface area (Å²) in [5.41, 5.74) is 2.27. The predicted octanol–water partition coefficient (Wildman–Crippen LogP) is 1.88. The highest BCUT2D eigenvalue weighted by Gasteiger charge is 2.20. The first-order valence-electron chi connectivity index (χ1n) is 9.99. The van der Waals surface area contributed by atoms with Gasteiger partial charge in [-0.05, 0) is 56.5 Å². The van der Waals surface area contributed by atoms with Gasteiger partial charge in [0.25, 0.3) is 0 Å². The maximum Gasteiger partial charge on any atom is 0.230 e. The second kappa shape index (κ2) is 9.98. The van der Waals surface area contributed by atoms with Gasteiger partial charge in [-0.15, -0.1) is 10.2 Å². The van der Waals surface area contributed by atoms with E-state index in [0.29, 0.717) is 11.0 Å². The fraction of sp³-hybridized carbons (Fsp3) is 0.550. The van der Waals surface area contributed by atoms with Crippen molar-refractivity contribution < 1.29 is 9.53 Å². The Hall–Kier alpha value is -2.26. The second-order valence-electron chi connectivity index (χ2n) is 7.45. The van der Waals surface area contributed by atoms with Gasteiger partial charge >= 0.3 is 0 Å². The van der Waals surface area contributed by atoms with Crippen molar-refractivity contribution in [2.24, 2.45) is 0 Å². The number of benzene rings is 1. The average Bonchev–Trinajstić information content (AvgIpc) is 3.04. The predicted molar refractivity (Wildman–Crippen MR) is 114 cm³/mol. The van der Waals surface area contributed by atoms with E-state index in [0.717, 1.165) is 49.4 Å². The number of likely N-dealkylation sites (tertiary alicyclic amines) is 1. The van der Waals surface area contributed by atoms with Crippen LogP contribution in [0.1, 0.15) is 36.7 Å². The number of rotatable bonds is 8. The quantitative estimate of drug-likeness (QED) is 0.499. The van der Waals surface area contributed by atoms with Crippen LogP contribution < -0.4 is 15.9 Å². The molecule has 0 spiro atoms. The maximum atomic E-state index is 12.3. The van der Waals surface area contributed by atoms with E-state index in [1.54, 1.807) is 0 Å². The van der Waals surface area contributed by atoms with Crippen molar-refractivity contribution in [1.29, 1.82) is 0 Å². The summed E-state index contributed by atoms with van der Waals surface area (Å²) >= 11 is 1.28. The molecule has 0 atom stereocenters. The fourth-order valence-electron chi connectivity index (χ4n) is 3.46. The summed E-state index contributed by atoms with van der Waals surface area (Å²) in [6.07, 6.45) is 1.99. The number of carbonyl (C=O) groups is 1. The van der Waals surface area contributed by atoms with Crippen molar-refractivity contribution in [2.75, 3.05) is 31.2 Å². The summed E-state index contributed by atoms with van der Waals surface area (Å²) in [4.78, 5) is 14.7. The number of nitrogens with zero attached hydrogens (tertiary/aromatic N) is 4. The molecule has 1 fully saturated rings. The molecule has 0 radical (unpaired) electrons. The molecule has 1 aromatic carbocycles. The molecule has 0 aliphatic carbocycles. The summed E-state index contributed by atoms with van der Waals surface area (Å²) in [6, 6.07) is 6.28. The van der Waals surface area contributed by atoms with Gasteiger partial charge < -0.3 is 20.8 Å². The van der Waals surface area contributed by atoms with Crippen molar-refractivity contribution in [3.63, 3.8) is 0 Å². The topological polar surface area (TPSA) is 98.3 Å². The Labute approximate surface area is 176 Å². The summed E-state index contributed by atoms with van der Waals surface area (Å²) in [5, 5.41) is 11.8. The number of hydrogen-bond acceptors (Lipinski definition) is 7. The molecule has 2 aromatic rings. The summed E-state index contributed by atoms with van der Waals surface area (Å²) in [5.74, 6) is 7.63. The zero-order valence-corrected chi connectivity index (χ0v) is 18.2. The van der Waals surface area contributed by atoms with Crippen molar-refractivity contribution in [3.8, 4) is 5.75 Å². The number of carbonyl (C=O) groups excluding carboxylic acids is 1. The second-order valence-corrected chi connectivity index (χ2v) is 8.39. The van der Waals surface area contributed by atoms with Crippen LogP contribution in [0.3, 0.4) is 0 Å². The molecule has 3 N–H and O–H groups in total. The maximum absolute atomic E-state index is 12.3. The number of aromatic nitrogens is 3. The first-order chi connectivity index (χ1) is 13.9. The zero-order valence-electron chi connectivity index (χ0n) is 17.4. The Morgan fingerprint density at radius 3 is 2.59 bits per heavy atom. The molecular formula is C20H30N6O2S. The standard InChI is InChI=1S/C20H30N6O2S/c1-4-25-7-5-16(6-8-25)22-19(27)13-29-20-24-23-18(26(20)21)12-28-17-10-14(2)9-15(3)11-17/h9-11,16H,4-8,12-13,21H2,1-3H3,(H,22,27). The molecule has 1 aliphatic heterocycles. The smallest absolute Gasteiger partial charge is 0.230 e. The van der Waals surface area contributed by atoms with Gasteiger partial charge in [0.05, 0.1) is 5.75 Å². The highest BCUT2D eigenvalue weighted by atomic mass is 32.2. The van der Waals surface area contributed by atoms with Crippen molar-refractivity contribution >= 4 is 17.7 Å². The van der Waals surface area contributed by atoms with Gasteiger partial charge in [0.1, 0.15) is 12.4 Å². The number of amides is 1. The monoisotopic (exact) mass is 418 g/mol. The van der Waals surface area contributed by atoms with Crippen LogP contribution in [0.5, 0.6) is 5.75 Å². The van der Waals surface area contributed by atoms with Crippen LogP contribution in [-0.4, -0.2) is 57.1 Å². The first kappa shape index (κ1) is 21.4. The molecule has 158 valence electrons. The van der Waals surface area contributed by atoms with Crippen LogP contribution >= 0.6 is 11.8 Å². The summed E-state index contributed by atoms with van der Waals surface area (Å²) in [6.45, 7) is 9.58. The molecule has 0 saturated carbocycles. The largest absolute Gasteiger partial charge is 0.486 e. The van der Waals surface area contributed by atoms with E-state index >= 15 is 0 Å². The molecule has 1 aromatic heterocycles. The third-order valence-corrected chi connectivity index (χ3v) is 5.97. The molecule has 3 rings (SSSR count). The van der Waals surface area contributed by atoms with E-state index in [-0.39, 0.29) is 24.3 Å². The van der Waals surface area contributed by atoms with E-state index in [2.05, 4.69) is 33.4 Å². The van der Waals surface area contributed by atoms with Gasteiger partial charge in [0.2, 0.25) is 11.1 Å². The van der Waals surface area contributed by atoms with Gasteiger partial charge in [-0.1, -0.05) is 24.8 Å². The molecule has 9 heteroatoms. The van der Waals surface area contributed by atoms with Crippen molar-refractivity contribution in [3.05, 3.63) is 35.2 Å². The van der Waals surface area contributed by atoms with Crippen molar-refractivity contribution in [1.82, 2.24) is 25.1 Å². The lowest BCUT2D eigenvalue weighted by atomic mass is 10.1. The SMILES string of the molecule is CCN1CCC(NC(=O)CSc2nnc(COc3cc(C)cc(C)c3)n2N)CC1. The lowest BCUT2D eigenvalue weighted by molar-refractivity contribution is -0.119. The Balaban J connectivity index is 1.46. The number of thioether (sulfide) groups is 1. The van der Waals surface area contributed by atoms with Crippen LogP contribution in [0.2, 0.25) is 0 Å². The number of nitrogen functional groups attached to an aromatic ring is 1. The van der Waals surface area contributed by atoms with Crippen LogP contribution in [0, 0.1) is 13.8 Å². The van der Waals surface area contributed by atoms with Crippen LogP contribution in [0.25, 0.3) is 0 Å². The molecule has 0 unspecified atom stereocenters. The van der Waals surface area contributed by atoms with E-state index in [4.69, 9.17) is 10.6 Å². The highest BCUT2D eigenvalue weighted by Crippen LogP contribution is 2.19. The summed E-state index contributed by atoms with van der Waals surface area (Å²) < 4.78 is 7.19. The zero-order chi connectivity index (χ0) is 20.8. The first-order valence-corrected chi connectivity index (χ1v) is 11.0. The lowest BCUT2D eigenvalue weighted by Gasteiger charge is -2.31. The number of aryl methyl sites for hydroxylation is 2. The van der Waals surface area contributed by atoms with Crippen LogP contribution in [-0.2, 0) is 11.4 Å². The summed E-state index contributed by atoms with van der Waals surface area (Å²) in [7, 11) is 0. The lowest BCUT2D eigenvalue weighted by Crippen LogP contribution is -2.45. The molecule has 8 nitrogen and oxygen atoms in total. The molecular weight excluding hydrogens is 388 g/mol. The number of ether oxygens (including phenoxy) is 1. The minimum absolute atomic E-state index is 0.000912. The van der Waals surface area contributed by atoms with Gasteiger partial charge in [0.15, 0.2) is 5.82 Å². The molecule has 1 saturated heterocycles. The van der Waals surface area contributed by atoms with Crippen LogP contribution in [0.4, 0.5) is 0 Å². The minimum atomic E-state index is 0.000912. The minimum Gasteiger partial charge on any atom is -0.486 e. The molecule has 1 aliphatic rings. The van der Waals surface area contributed by atoms with E-state index in [1.165, 1.54) is 16.4 Å². The Morgan fingerprint density at radius 1 is 1.24 bits per heavy atom. The molecule has 2 heterocycles.